The van der Waals surface area contributed by atoms with Crippen molar-refractivity contribution >= 4 is 60.1 Å². The zero-order valence-corrected chi connectivity index (χ0v) is 19.1. The summed E-state index contributed by atoms with van der Waals surface area (Å²) < 4.78 is 1.85. The molecule has 0 aliphatic carbocycles. The van der Waals surface area contributed by atoms with Crippen LogP contribution < -0.4 is 5.32 Å². The highest BCUT2D eigenvalue weighted by molar-refractivity contribution is 9.10. The lowest BCUT2D eigenvalue weighted by Gasteiger charge is -2.23. The molecule has 1 aliphatic rings. The largest absolute Gasteiger partial charge is 0.327 e. The van der Waals surface area contributed by atoms with E-state index in [2.05, 4.69) is 47.4 Å². The normalized spacial score (nSPS) is 16.1. The van der Waals surface area contributed by atoms with Crippen LogP contribution in [0, 0.1) is 0 Å². The summed E-state index contributed by atoms with van der Waals surface area (Å²) in [6, 6.07) is 14.4. The molecule has 1 atom stereocenters. The third-order valence-electron chi connectivity index (χ3n) is 4.63. The van der Waals surface area contributed by atoms with Gasteiger partial charge >= 0.3 is 0 Å². The standard InChI is InChI=1S/C20H16Br2N4O2S/c21-14-8-6-12(7-9-14)19(28)26-10-2-5-16(26)17(27)23-20-25-24-18(29-20)13-3-1-4-15(22)11-13/h1,3-4,6-9,11,16H,2,5,10H2,(H,23,25,27). The maximum absolute atomic E-state index is 12.8. The summed E-state index contributed by atoms with van der Waals surface area (Å²) in [4.78, 5) is 27.3. The van der Waals surface area contributed by atoms with Crippen LogP contribution in [0.5, 0.6) is 0 Å². The molecule has 2 amide bonds. The Morgan fingerprint density at radius 1 is 1.07 bits per heavy atom. The van der Waals surface area contributed by atoms with E-state index in [0.29, 0.717) is 23.7 Å². The lowest BCUT2D eigenvalue weighted by molar-refractivity contribution is -0.119. The van der Waals surface area contributed by atoms with Gasteiger partial charge in [-0.3, -0.25) is 14.9 Å². The number of halogens is 2. The number of rotatable bonds is 4. The van der Waals surface area contributed by atoms with E-state index in [0.717, 1.165) is 25.9 Å². The van der Waals surface area contributed by atoms with Crippen molar-refractivity contribution in [3.63, 3.8) is 0 Å². The Morgan fingerprint density at radius 2 is 1.86 bits per heavy atom. The van der Waals surface area contributed by atoms with Gasteiger partial charge in [0, 0.05) is 26.6 Å². The van der Waals surface area contributed by atoms with Gasteiger partial charge in [-0.15, -0.1) is 10.2 Å². The van der Waals surface area contributed by atoms with Gasteiger partial charge in [-0.2, -0.15) is 0 Å². The number of hydrogen-bond acceptors (Lipinski definition) is 5. The average molecular weight is 536 g/mol. The molecule has 6 nitrogen and oxygen atoms in total. The van der Waals surface area contributed by atoms with Gasteiger partial charge in [-0.25, -0.2) is 0 Å². The van der Waals surface area contributed by atoms with Crippen molar-refractivity contribution < 1.29 is 9.59 Å². The highest BCUT2D eigenvalue weighted by Gasteiger charge is 2.35. The number of amides is 2. The molecule has 9 heteroatoms. The molecule has 1 N–H and O–H groups in total. The number of nitrogens with one attached hydrogen (secondary N) is 1. The second kappa shape index (κ2) is 8.73. The maximum atomic E-state index is 12.8. The van der Waals surface area contributed by atoms with Crippen molar-refractivity contribution in [2.75, 3.05) is 11.9 Å². The van der Waals surface area contributed by atoms with Crippen molar-refractivity contribution in [3.05, 3.63) is 63.0 Å². The lowest BCUT2D eigenvalue weighted by Crippen LogP contribution is -2.43. The number of carbonyl (C=O) groups is 2. The van der Waals surface area contributed by atoms with Gasteiger partial charge in [-0.05, 0) is 49.2 Å². The molecule has 148 valence electrons. The van der Waals surface area contributed by atoms with Crippen LogP contribution in [0.4, 0.5) is 5.13 Å². The second-order valence-corrected chi connectivity index (χ2v) is 9.38. The monoisotopic (exact) mass is 534 g/mol. The van der Waals surface area contributed by atoms with Crippen LogP contribution in [0.1, 0.15) is 23.2 Å². The fraction of sp³-hybridized carbons (Fsp3) is 0.200. The summed E-state index contributed by atoms with van der Waals surface area (Å²) in [6.45, 7) is 0.562. The van der Waals surface area contributed by atoms with Crippen LogP contribution in [0.15, 0.2) is 57.5 Å². The molecule has 1 aromatic heterocycles. The molecule has 1 saturated heterocycles. The summed E-state index contributed by atoms with van der Waals surface area (Å²) >= 11 is 8.12. The van der Waals surface area contributed by atoms with E-state index < -0.39 is 6.04 Å². The number of benzene rings is 2. The fourth-order valence-electron chi connectivity index (χ4n) is 3.24. The van der Waals surface area contributed by atoms with Gasteiger partial charge in [0.15, 0.2) is 0 Å². The van der Waals surface area contributed by atoms with Crippen molar-refractivity contribution in [1.82, 2.24) is 15.1 Å². The highest BCUT2D eigenvalue weighted by Crippen LogP contribution is 2.29. The van der Waals surface area contributed by atoms with E-state index in [-0.39, 0.29) is 11.8 Å². The van der Waals surface area contributed by atoms with E-state index in [1.165, 1.54) is 11.3 Å². The summed E-state index contributed by atoms with van der Waals surface area (Å²) in [5.41, 5.74) is 1.49. The summed E-state index contributed by atoms with van der Waals surface area (Å²) in [7, 11) is 0. The van der Waals surface area contributed by atoms with Gasteiger partial charge in [0.25, 0.3) is 5.91 Å². The third kappa shape index (κ3) is 4.57. The molecular formula is C20H16Br2N4O2S. The first kappa shape index (κ1) is 20.2. The predicted molar refractivity (Wildman–Crippen MR) is 120 cm³/mol. The van der Waals surface area contributed by atoms with Gasteiger partial charge in [-0.1, -0.05) is 55.3 Å². The maximum Gasteiger partial charge on any atom is 0.254 e. The minimum atomic E-state index is -0.510. The number of hydrogen-bond donors (Lipinski definition) is 1. The number of carbonyl (C=O) groups excluding carboxylic acids is 2. The minimum Gasteiger partial charge on any atom is -0.327 e. The smallest absolute Gasteiger partial charge is 0.254 e. The molecule has 1 fully saturated rings. The van der Waals surface area contributed by atoms with Crippen LogP contribution in [0.3, 0.4) is 0 Å². The van der Waals surface area contributed by atoms with Crippen molar-refractivity contribution in [1.29, 1.82) is 0 Å². The molecule has 3 aromatic rings. The number of aromatic nitrogens is 2. The van der Waals surface area contributed by atoms with E-state index in [9.17, 15) is 9.59 Å². The van der Waals surface area contributed by atoms with Gasteiger partial charge in [0.05, 0.1) is 0 Å². The number of anilines is 1. The SMILES string of the molecule is O=C(Nc1nnc(-c2cccc(Br)c2)s1)C1CCCN1C(=O)c1ccc(Br)cc1. The number of nitrogens with zero attached hydrogens (tertiary/aromatic N) is 3. The molecule has 0 spiro atoms. The molecule has 4 rings (SSSR count). The quantitative estimate of drug-likeness (QED) is 0.511. The third-order valence-corrected chi connectivity index (χ3v) is 6.54. The van der Waals surface area contributed by atoms with Crippen LogP contribution in [0.2, 0.25) is 0 Å². The van der Waals surface area contributed by atoms with Crippen LogP contribution in [0.25, 0.3) is 10.6 Å². The Balaban J connectivity index is 1.46. The van der Waals surface area contributed by atoms with Crippen LogP contribution in [-0.4, -0.2) is 39.5 Å². The lowest BCUT2D eigenvalue weighted by atomic mass is 10.1. The van der Waals surface area contributed by atoms with E-state index >= 15 is 0 Å². The Labute approximate surface area is 188 Å². The molecule has 0 bridgehead atoms. The molecule has 29 heavy (non-hydrogen) atoms. The average Bonchev–Trinajstić information content (AvgIpc) is 3.38. The van der Waals surface area contributed by atoms with Crippen LogP contribution >= 0.6 is 43.2 Å². The first-order valence-electron chi connectivity index (χ1n) is 8.98. The molecular weight excluding hydrogens is 520 g/mol. The van der Waals surface area contributed by atoms with Crippen molar-refractivity contribution in [2.45, 2.75) is 18.9 Å². The summed E-state index contributed by atoms with van der Waals surface area (Å²) in [5, 5.41) is 12.2. The van der Waals surface area contributed by atoms with Gasteiger partial charge < -0.3 is 4.90 Å². The van der Waals surface area contributed by atoms with E-state index in [1.807, 2.05) is 36.4 Å². The molecule has 2 aromatic carbocycles. The molecule has 2 heterocycles. The molecule has 1 aliphatic heterocycles. The van der Waals surface area contributed by atoms with Gasteiger partial charge in [0.1, 0.15) is 11.0 Å². The minimum absolute atomic E-state index is 0.137. The number of likely N-dealkylation sites (tertiary alicyclic amines) is 1. The predicted octanol–water partition coefficient (Wildman–Crippen LogP) is 4.97. The summed E-state index contributed by atoms with van der Waals surface area (Å²) in [5.74, 6) is -0.368. The first-order valence-corrected chi connectivity index (χ1v) is 11.4. The fourth-order valence-corrected chi connectivity index (χ4v) is 4.65. The van der Waals surface area contributed by atoms with Crippen molar-refractivity contribution in [3.8, 4) is 10.6 Å². The highest BCUT2D eigenvalue weighted by atomic mass is 79.9. The van der Waals surface area contributed by atoms with E-state index in [1.54, 1.807) is 17.0 Å². The van der Waals surface area contributed by atoms with E-state index in [4.69, 9.17) is 0 Å². The summed E-state index contributed by atoms with van der Waals surface area (Å²) in [6.07, 6.45) is 1.42. The second-order valence-electron chi connectivity index (χ2n) is 6.58. The zero-order valence-electron chi connectivity index (χ0n) is 15.1. The zero-order chi connectivity index (χ0) is 20.4. The van der Waals surface area contributed by atoms with Crippen LogP contribution in [-0.2, 0) is 4.79 Å². The Morgan fingerprint density at radius 3 is 2.62 bits per heavy atom. The Hall–Kier alpha value is -2.10. The Bertz CT molecular complexity index is 1050. The van der Waals surface area contributed by atoms with Gasteiger partial charge in [0.2, 0.25) is 11.0 Å². The molecule has 1 unspecified atom stereocenters. The first-order chi connectivity index (χ1) is 14.0. The Kier molecular flexibility index (Phi) is 6.07. The topological polar surface area (TPSA) is 75.2 Å². The van der Waals surface area contributed by atoms with Crippen molar-refractivity contribution in [2.24, 2.45) is 0 Å². The molecule has 0 saturated carbocycles. The molecule has 0 radical (unpaired) electrons.